The van der Waals surface area contributed by atoms with Crippen LogP contribution in [0, 0.1) is 0 Å². The van der Waals surface area contributed by atoms with Crippen LogP contribution in [-0.2, 0) is 9.59 Å². The minimum absolute atomic E-state index is 0. The number of hydrogen-bond donors (Lipinski definition) is 4. The molecule has 0 aromatic rings. The predicted octanol–water partition coefficient (Wildman–Crippen LogP) is -0.636. The topological polar surface area (TPSA) is 167 Å². The van der Waals surface area contributed by atoms with Gasteiger partial charge in [-0.15, -0.1) is 0 Å². The Hall–Kier alpha value is -1.43. The third-order valence-electron chi connectivity index (χ3n) is 0. The summed E-state index contributed by atoms with van der Waals surface area (Å²) in [5.74, 6) is 0. The van der Waals surface area contributed by atoms with Gasteiger partial charge in [-0.1, -0.05) is 0 Å². The van der Waals surface area contributed by atoms with E-state index in [-0.39, 0.29) is 18.5 Å². The van der Waals surface area contributed by atoms with Crippen molar-refractivity contribution < 1.29 is 19.5 Å². The molecule has 0 fully saturated rings. The zero-order valence-corrected chi connectivity index (χ0v) is 4.66. The van der Waals surface area contributed by atoms with Crippen LogP contribution < -0.4 is 18.0 Å². The molecule has 7 heteroatoms. The zero-order valence-electron chi connectivity index (χ0n) is 4.66. The molecule has 0 bridgehead atoms. The van der Waals surface area contributed by atoms with Gasteiger partial charge >= 0.3 is 12.2 Å². The summed E-state index contributed by atoms with van der Waals surface area (Å²) in [6.45, 7) is 0. The van der Waals surface area contributed by atoms with E-state index in [1.54, 1.807) is 0 Å². The standard InChI is InChI=1S/CH3NO2.CO2.2H3N/c2-1(3)4;2-1-3;;/h2H2,(H,3,4);;2*1H3. The van der Waals surface area contributed by atoms with E-state index in [9.17, 15) is 0 Å². The third-order valence-corrected chi connectivity index (χ3v) is 0. The SMILES string of the molecule is N.N.NC(=O)O.O=C=O. The Balaban J connectivity index is -0.0000000233. The van der Waals surface area contributed by atoms with Crippen LogP contribution in [0.5, 0.6) is 0 Å². The number of carboxylic acid groups (broad SMARTS) is 1. The molecule has 0 aliphatic carbocycles. The summed E-state index contributed by atoms with van der Waals surface area (Å²) in [5.41, 5.74) is 4.03. The Morgan fingerprint density at radius 3 is 1.33 bits per heavy atom. The monoisotopic (exact) mass is 139 g/mol. The van der Waals surface area contributed by atoms with Gasteiger partial charge in [-0.05, 0) is 0 Å². The van der Waals surface area contributed by atoms with Crippen LogP contribution >= 0.6 is 0 Å². The van der Waals surface area contributed by atoms with Crippen molar-refractivity contribution in [1.29, 1.82) is 0 Å². The summed E-state index contributed by atoms with van der Waals surface area (Å²) in [6, 6.07) is 0. The van der Waals surface area contributed by atoms with Gasteiger partial charge in [0.1, 0.15) is 0 Å². The quantitative estimate of drug-likeness (QED) is 0.348. The molecule has 56 valence electrons. The summed E-state index contributed by atoms with van der Waals surface area (Å²) < 4.78 is 0. The van der Waals surface area contributed by atoms with E-state index in [0.717, 1.165) is 0 Å². The van der Waals surface area contributed by atoms with E-state index < -0.39 is 6.09 Å². The van der Waals surface area contributed by atoms with E-state index in [2.05, 4.69) is 5.73 Å². The molecule has 1 amide bonds. The van der Waals surface area contributed by atoms with Crippen LogP contribution in [0.4, 0.5) is 4.79 Å². The van der Waals surface area contributed by atoms with E-state index >= 15 is 0 Å². The minimum Gasteiger partial charge on any atom is -0.465 e. The molecule has 0 saturated heterocycles. The molecule has 0 aromatic carbocycles. The van der Waals surface area contributed by atoms with Gasteiger partial charge < -0.3 is 23.1 Å². The molecular weight excluding hydrogens is 130 g/mol. The molecular formula is C2H9N3O4. The second kappa shape index (κ2) is 30.9. The fourth-order valence-electron chi connectivity index (χ4n) is 0. The summed E-state index contributed by atoms with van der Waals surface area (Å²) in [4.78, 5) is 25.0. The maximum absolute atomic E-state index is 8.78. The highest BCUT2D eigenvalue weighted by Gasteiger charge is 1.65. The predicted molar refractivity (Wildman–Crippen MR) is 27.3 cm³/mol. The fraction of sp³-hybridized carbons (Fsp3) is 0. The Morgan fingerprint density at radius 1 is 1.33 bits per heavy atom. The highest BCUT2D eigenvalue weighted by molar-refractivity contribution is 5.61. The molecule has 0 rings (SSSR count). The molecule has 0 radical (unpaired) electrons. The van der Waals surface area contributed by atoms with Crippen LogP contribution in [0.2, 0.25) is 0 Å². The first-order valence-electron chi connectivity index (χ1n) is 1.12. The number of nitrogens with two attached hydrogens (primary N) is 1. The van der Waals surface area contributed by atoms with Crippen LogP contribution in [0.3, 0.4) is 0 Å². The third kappa shape index (κ3) is 67.1. The molecule has 0 aliphatic rings. The van der Waals surface area contributed by atoms with Gasteiger partial charge in [0, 0.05) is 0 Å². The number of hydrogen-bond acceptors (Lipinski definition) is 5. The van der Waals surface area contributed by atoms with Gasteiger partial charge in [-0.3, -0.25) is 0 Å². The largest absolute Gasteiger partial charge is 0.465 e. The highest BCUT2D eigenvalue weighted by atomic mass is 16.4. The van der Waals surface area contributed by atoms with E-state index in [1.165, 1.54) is 0 Å². The van der Waals surface area contributed by atoms with E-state index in [0.29, 0.717) is 0 Å². The summed E-state index contributed by atoms with van der Waals surface area (Å²) in [6.07, 6.45) is -1.08. The number of carbonyl (C=O) groups excluding carboxylic acids is 2. The summed E-state index contributed by atoms with van der Waals surface area (Å²) in [7, 11) is 0. The molecule has 0 aliphatic heterocycles. The van der Waals surface area contributed by atoms with Gasteiger partial charge in [0.25, 0.3) is 0 Å². The summed E-state index contributed by atoms with van der Waals surface area (Å²) in [5, 5.41) is 7.19. The van der Waals surface area contributed by atoms with Crippen molar-refractivity contribution >= 4 is 12.2 Å². The Bertz CT molecular complexity index is 81.8. The van der Waals surface area contributed by atoms with Gasteiger partial charge in [0.2, 0.25) is 0 Å². The lowest BCUT2D eigenvalue weighted by Gasteiger charge is -1.61. The van der Waals surface area contributed by atoms with E-state index in [1.807, 2.05) is 0 Å². The first-order chi connectivity index (χ1) is 3.15. The average Bonchev–Trinajstić information content (AvgIpc) is 1.33. The maximum atomic E-state index is 8.78. The molecule has 0 aromatic heterocycles. The molecule has 0 atom stereocenters. The molecule has 0 spiro atoms. The summed E-state index contributed by atoms with van der Waals surface area (Å²) >= 11 is 0. The maximum Gasteiger partial charge on any atom is 0.402 e. The van der Waals surface area contributed by atoms with Crippen molar-refractivity contribution in [3.8, 4) is 0 Å². The Kier molecular flexibility index (Phi) is 87.9. The second-order valence-electron chi connectivity index (χ2n) is 0.422. The second-order valence-corrected chi connectivity index (χ2v) is 0.422. The normalized spacial score (nSPS) is 3.56. The lowest BCUT2D eigenvalue weighted by molar-refractivity contribution is -0.191. The number of amides is 1. The molecule has 9 heavy (non-hydrogen) atoms. The van der Waals surface area contributed by atoms with Crippen molar-refractivity contribution in [1.82, 2.24) is 12.3 Å². The van der Waals surface area contributed by atoms with Crippen LogP contribution in [0.15, 0.2) is 0 Å². The van der Waals surface area contributed by atoms with Crippen LogP contribution in [0.25, 0.3) is 0 Å². The lowest BCUT2D eigenvalue weighted by Crippen LogP contribution is -2.03. The fourth-order valence-corrected chi connectivity index (χ4v) is 0. The molecule has 0 heterocycles. The molecule has 9 N–H and O–H groups in total. The number of primary amides is 1. The van der Waals surface area contributed by atoms with Crippen LogP contribution in [0.1, 0.15) is 0 Å². The number of rotatable bonds is 0. The Labute approximate surface area is 51.0 Å². The minimum atomic E-state index is -1.33. The van der Waals surface area contributed by atoms with Crippen molar-refractivity contribution in [3.63, 3.8) is 0 Å². The first-order valence-corrected chi connectivity index (χ1v) is 1.12. The molecule has 0 unspecified atom stereocenters. The van der Waals surface area contributed by atoms with Gasteiger partial charge in [0.05, 0.1) is 0 Å². The molecule has 7 nitrogen and oxygen atoms in total. The highest BCUT2D eigenvalue weighted by Crippen LogP contribution is 1.34. The Morgan fingerprint density at radius 2 is 1.33 bits per heavy atom. The van der Waals surface area contributed by atoms with Gasteiger partial charge in [0.15, 0.2) is 0 Å². The van der Waals surface area contributed by atoms with E-state index in [4.69, 9.17) is 19.5 Å². The zero-order chi connectivity index (χ0) is 6.28. The molecule has 0 saturated carbocycles. The van der Waals surface area contributed by atoms with Crippen LogP contribution in [-0.4, -0.2) is 17.4 Å². The lowest BCUT2D eigenvalue weighted by atomic mass is 11.3. The first kappa shape index (κ1) is 25.6. The van der Waals surface area contributed by atoms with Crippen molar-refractivity contribution in [2.45, 2.75) is 0 Å². The van der Waals surface area contributed by atoms with Crippen molar-refractivity contribution in [2.75, 3.05) is 0 Å². The van der Waals surface area contributed by atoms with Crippen molar-refractivity contribution in [3.05, 3.63) is 0 Å². The average molecular weight is 139 g/mol. The number of carbonyl (C=O) groups is 1. The van der Waals surface area contributed by atoms with Crippen molar-refractivity contribution in [2.24, 2.45) is 5.73 Å². The smallest absolute Gasteiger partial charge is 0.402 e. The van der Waals surface area contributed by atoms with Gasteiger partial charge in [-0.25, -0.2) is 4.79 Å². The van der Waals surface area contributed by atoms with Gasteiger partial charge in [-0.2, -0.15) is 9.59 Å².